The smallest absolute Gasteiger partial charge is 0.249 e. The number of rotatable bonds is 5. The maximum Gasteiger partial charge on any atom is 0.249 e. The van der Waals surface area contributed by atoms with Crippen LogP contribution in [0.4, 0.5) is 0 Å². The van der Waals surface area contributed by atoms with Gasteiger partial charge < -0.3 is 14.7 Å². The molecule has 0 spiro atoms. The molecule has 1 saturated heterocycles. The molecule has 1 aromatic carbocycles. The molecule has 3 atom stereocenters. The van der Waals surface area contributed by atoms with E-state index in [9.17, 15) is 15.2 Å². The molecule has 2 heterocycles. The fraction of sp³-hybridized carbons (Fsp3) is 0.316. The second kappa shape index (κ2) is 7.43. The fourth-order valence-electron chi connectivity index (χ4n) is 3.38. The number of aliphatic hydroxyl groups is 1. The van der Waals surface area contributed by atoms with Crippen LogP contribution in [-0.2, 0) is 9.53 Å². The highest BCUT2D eigenvalue weighted by molar-refractivity contribution is 5.80. The SMILES string of the molecule is COCC(=O)N1[C@H](CO)[C@H](c2ccc(-c3cccnc3)cc2)[C@@H]1C#N. The summed E-state index contributed by atoms with van der Waals surface area (Å²) in [6.07, 6.45) is 3.51. The first kappa shape index (κ1) is 17.1. The summed E-state index contributed by atoms with van der Waals surface area (Å²) in [7, 11) is 1.43. The van der Waals surface area contributed by atoms with Crippen LogP contribution in [0, 0.1) is 11.3 Å². The van der Waals surface area contributed by atoms with Gasteiger partial charge in [-0.1, -0.05) is 30.3 Å². The Morgan fingerprint density at radius 1 is 1.32 bits per heavy atom. The molecule has 3 rings (SSSR count). The molecule has 1 amide bonds. The third kappa shape index (κ3) is 3.12. The molecule has 0 bridgehead atoms. The molecule has 25 heavy (non-hydrogen) atoms. The number of benzene rings is 1. The minimum Gasteiger partial charge on any atom is -0.394 e. The number of carbonyl (C=O) groups excluding carboxylic acids is 1. The highest BCUT2D eigenvalue weighted by Crippen LogP contribution is 2.40. The van der Waals surface area contributed by atoms with Crippen molar-refractivity contribution in [1.29, 1.82) is 5.26 Å². The second-order valence-corrected chi connectivity index (χ2v) is 5.95. The number of hydrogen-bond acceptors (Lipinski definition) is 5. The fourth-order valence-corrected chi connectivity index (χ4v) is 3.38. The zero-order chi connectivity index (χ0) is 17.8. The van der Waals surface area contributed by atoms with Gasteiger partial charge in [0.15, 0.2) is 0 Å². The summed E-state index contributed by atoms with van der Waals surface area (Å²) in [5, 5.41) is 19.2. The number of nitriles is 1. The summed E-state index contributed by atoms with van der Waals surface area (Å²) in [4.78, 5) is 17.6. The number of methoxy groups -OCH3 is 1. The van der Waals surface area contributed by atoms with Crippen LogP contribution in [0.2, 0.25) is 0 Å². The first-order valence-electron chi connectivity index (χ1n) is 8.02. The van der Waals surface area contributed by atoms with E-state index in [-0.39, 0.29) is 25.0 Å². The molecule has 128 valence electrons. The average molecular weight is 337 g/mol. The number of pyridine rings is 1. The Balaban J connectivity index is 1.83. The maximum absolute atomic E-state index is 12.1. The Bertz CT molecular complexity index is 771. The van der Waals surface area contributed by atoms with Crippen molar-refractivity contribution in [2.75, 3.05) is 20.3 Å². The minimum atomic E-state index is -0.593. The van der Waals surface area contributed by atoms with Gasteiger partial charge in [-0.15, -0.1) is 0 Å². The second-order valence-electron chi connectivity index (χ2n) is 5.95. The molecular weight excluding hydrogens is 318 g/mol. The number of hydrogen-bond donors (Lipinski definition) is 1. The first-order valence-corrected chi connectivity index (χ1v) is 8.02. The van der Waals surface area contributed by atoms with Gasteiger partial charge in [0.2, 0.25) is 5.91 Å². The summed E-state index contributed by atoms with van der Waals surface area (Å²) in [5.41, 5.74) is 2.97. The lowest BCUT2D eigenvalue weighted by molar-refractivity contribution is -0.150. The molecule has 1 N–H and O–H groups in total. The van der Waals surface area contributed by atoms with Gasteiger partial charge in [0.05, 0.1) is 18.7 Å². The zero-order valence-corrected chi connectivity index (χ0v) is 13.9. The summed E-state index contributed by atoms with van der Waals surface area (Å²) in [6, 6.07) is 12.9. The number of ether oxygens (including phenoxy) is 1. The number of aliphatic hydroxyl groups excluding tert-OH is 1. The van der Waals surface area contributed by atoms with Gasteiger partial charge >= 0.3 is 0 Å². The topological polar surface area (TPSA) is 86.4 Å². The van der Waals surface area contributed by atoms with Crippen LogP contribution < -0.4 is 0 Å². The van der Waals surface area contributed by atoms with Gasteiger partial charge in [-0.25, -0.2) is 0 Å². The highest BCUT2D eigenvalue weighted by atomic mass is 16.5. The van der Waals surface area contributed by atoms with Crippen molar-refractivity contribution >= 4 is 5.91 Å². The van der Waals surface area contributed by atoms with Gasteiger partial charge in [-0.2, -0.15) is 5.26 Å². The van der Waals surface area contributed by atoms with Gasteiger partial charge in [0, 0.05) is 25.4 Å². The van der Waals surface area contributed by atoms with E-state index in [4.69, 9.17) is 4.74 Å². The molecule has 1 aromatic heterocycles. The van der Waals surface area contributed by atoms with E-state index in [2.05, 4.69) is 11.1 Å². The van der Waals surface area contributed by atoms with E-state index in [0.717, 1.165) is 16.7 Å². The molecular formula is C19H19N3O3. The Morgan fingerprint density at radius 3 is 2.64 bits per heavy atom. The first-order chi connectivity index (χ1) is 12.2. The van der Waals surface area contributed by atoms with E-state index in [0.29, 0.717) is 0 Å². The van der Waals surface area contributed by atoms with Crippen molar-refractivity contribution in [3.05, 3.63) is 54.4 Å². The van der Waals surface area contributed by atoms with Crippen molar-refractivity contribution in [1.82, 2.24) is 9.88 Å². The normalized spacial score (nSPS) is 22.1. The molecule has 1 aliphatic heterocycles. The molecule has 0 aliphatic carbocycles. The Labute approximate surface area is 146 Å². The molecule has 6 nitrogen and oxygen atoms in total. The van der Waals surface area contributed by atoms with Crippen LogP contribution in [0.25, 0.3) is 11.1 Å². The summed E-state index contributed by atoms with van der Waals surface area (Å²) < 4.78 is 4.86. The van der Waals surface area contributed by atoms with Gasteiger partial charge in [0.1, 0.15) is 12.6 Å². The lowest BCUT2D eigenvalue weighted by Gasteiger charge is -2.51. The number of nitrogens with zero attached hydrogens (tertiary/aromatic N) is 3. The predicted molar refractivity (Wildman–Crippen MR) is 91.4 cm³/mol. The van der Waals surface area contributed by atoms with Crippen molar-refractivity contribution in [3.63, 3.8) is 0 Å². The quantitative estimate of drug-likeness (QED) is 0.895. The standard InChI is InChI=1S/C19H19N3O3/c1-25-12-18(24)22-16(9-20)19(17(22)11-23)14-6-4-13(5-7-14)15-3-2-8-21-10-15/h2-8,10,16-17,19,23H,11-12H2,1H3/t16-,17+,19+/m0/s1. The molecule has 6 heteroatoms. The van der Waals surface area contributed by atoms with Gasteiger partial charge in [0.25, 0.3) is 0 Å². The summed E-state index contributed by atoms with van der Waals surface area (Å²) >= 11 is 0. The van der Waals surface area contributed by atoms with E-state index in [1.54, 1.807) is 12.4 Å². The average Bonchev–Trinajstić information content (AvgIpc) is 2.63. The van der Waals surface area contributed by atoms with E-state index in [1.165, 1.54) is 12.0 Å². The van der Waals surface area contributed by atoms with Crippen LogP contribution in [0.1, 0.15) is 11.5 Å². The molecule has 1 fully saturated rings. The van der Waals surface area contributed by atoms with Crippen LogP contribution in [0.15, 0.2) is 48.8 Å². The third-order valence-corrected chi connectivity index (χ3v) is 4.58. The van der Waals surface area contributed by atoms with E-state index >= 15 is 0 Å². The molecule has 0 radical (unpaired) electrons. The predicted octanol–water partition coefficient (Wildman–Crippen LogP) is 1.57. The maximum atomic E-state index is 12.1. The van der Waals surface area contributed by atoms with Gasteiger partial charge in [-0.05, 0) is 22.8 Å². The minimum absolute atomic E-state index is 0.0959. The monoisotopic (exact) mass is 337 g/mol. The van der Waals surface area contributed by atoms with Crippen molar-refractivity contribution < 1.29 is 14.6 Å². The number of carbonyl (C=O) groups is 1. The largest absolute Gasteiger partial charge is 0.394 e. The molecule has 0 saturated carbocycles. The summed E-state index contributed by atoms with van der Waals surface area (Å²) in [6.45, 7) is -0.288. The lowest BCUT2D eigenvalue weighted by Crippen LogP contribution is -2.65. The highest BCUT2D eigenvalue weighted by Gasteiger charge is 2.51. The number of aromatic nitrogens is 1. The van der Waals surface area contributed by atoms with Crippen molar-refractivity contribution in [2.45, 2.75) is 18.0 Å². The van der Waals surface area contributed by atoms with Crippen LogP contribution in [-0.4, -0.2) is 53.3 Å². The molecule has 2 aromatic rings. The number of amides is 1. The summed E-state index contributed by atoms with van der Waals surface area (Å²) in [5.74, 6) is -0.491. The Hall–Kier alpha value is -2.75. The van der Waals surface area contributed by atoms with Gasteiger partial charge in [-0.3, -0.25) is 9.78 Å². The van der Waals surface area contributed by atoms with E-state index in [1.807, 2.05) is 36.4 Å². The van der Waals surface area contributed by atoms with Crippen molar-refractivity contribution in [3.8, 4) is 17.2 Å². The zero-order valence-electron chi connectivity index (χ0n) is 13.9. The van der Waals surface area contributed by atoms with Crippen LogP contribution in [0.5, 0.6) is 0 Å². The molecule has 1 aliphatic rings. The van der Waals surface area contributed by atoms with Crippen LogP contribution in [0.3, 0.4) is 0 Å². The van der Waals surface area contributed by atoms with E-state index < -0.39 is 12.1 Å². The molecule has 0 unspecified atom stereocenters. The Morgan fingerprint density at radius 2 is 2.08 bits per heavy atom. The third-order valence-electron chi connectivity index (χ3n) is 4.58. The Kier molecular flexibility index (Phi) is 5.08. The lowest BCUT2D eigenvalue weighted by atomic mass is 9.75. The van der Waals surface area contributed by atoms with Crippen LogP contribution >= 0.6 is 0 Å². The number of likely N-dealkylation sites (tertiary alicyclic amines) is 1. The van der Waals surface area contributed by atoms with Crippen molar-refractivity contribution in [2.24, 2.45) is 0 Å².